The molecule has 0 radical (unpaired) electrons. The van der Waals surface area contributed by atoms with E-state index in [-0.39, 0.29) is 0 Å². The van der Waals surface area contributed by atoms with Crippen LogP contribution in [0.2, 0.25) is 0 Å². The SMILES string of the molecule is CC1C=CC=C2CS(=O)CC21. The fourth-order valence-corrected chi connectivity index (χ4v) is 3.53. The van der Waals surface area contributed by atoms with E-state index in [0.29, 0.717) is 11.8 Å². The monoisotopic (exact) mass is 168 g/mol. The first kappa shape index (κ1) is 7.29. The molecule has 3 unspecified atom stereocenters. The summed E-state index contributed by atoms with van der Waals surface area (Å²) < 4.78 is 11.2. The predicted molar refractivity (Wildman–Crippen MR) is 47.8 cm³/mol. The fraction of sp³-hybridized carbons (Fsp3) is 0.556. The first-order valence-corrected chi connectivity index (χ1v) is 5.48. The Hall–Kier alpha value is -0.370. The number of hydrogen-bond acceptors (Lipinski definition) is 1. The van der Waals surface area contributed by atoms with Gasteiger partial charge < -0.3 is 0 Å². The van der Waals surface area contributed by atoms with E-state index in [1.807, 2.05) is 0 Å². The summed E-state index contributed by atoms with van der Waals surface area (Å²) in [5.74, 6) is 2.89. The Balaban J connectivity index is 2.28. The van der Waals surface area contributed by atoms with Gasteiger partial charge in [-0.1, -0.05) is 30.7 Å². The van der Waals surface area contributed by atoms with E-state index in [2.05, 4.69) is 25.2 Å². The van der Waals surface area contributed by atoms with Crippen LogP contribution in [0.25, 0.3) is 0 Å². The first-order chi connectivity index (χ1) is 5.27. The highest BCUT2D eigenvalue weighted by molar-refractivity contribution is 7.85. The molecule has 0 amide bonds. The molecule has 1 heterocycles. The summed E-state index contributed by atoms with van der Waals surface area (Å²) in [7, 11) is -0.572. The van der Waals surface area contributed by atoms with Crippen molar-refractivity contribution in [1.29, 1.82) is 0 Å². The number of rotatable bonds is 0. The van der Waals surface area contributed by atoms with Crippen molar-refractivity contribution in [3.05, 3.63) is 23.8 Å². The molecule has 2 heteroatoms. The highest BCUT2D eigenvalue weighted by atomic mass is 32.2. The van der Waals surface area contributed by atoms with Crippen LogP contribution in [0, 0.1) is 11.8 Å². The summed E-state index contributed by atoms with van der Waals surface area (Å²) in [4.78, 5) is 0. The van der Waals surface area contributed by atoms with Gasteiger partial charge in [0, 0.05) is 22.3 Å². The second kappa shape index (κ2) is 2.59. The molecule has 11 heavy (non-hydrogen) atoms. The van der Waals surface area contributed by atoms with Crippen LogP contribution in [-0.2, 0) is 10.8 Å². The molecule has 0 aromatic carbocycles. The second-order valence-electron chi connectivity index (χ2n) is 3.34. The largest absolute Gasteiger partial charge is 0.259 e. The smallest absolute Gasteiger partial charge is 0.0451 e. The Morgan fingerprint density at radius 1 is 1.64 bits per heavy atom. The molecule has 1 fully saturated rings. The molecule has 0 N–H and O–H groups in total. The van der Waals surface area contributed by atoms with Crippen molar-refractivity contribution in [2.75, 3.05) is 11.5 Å². The molecular formula is C9H12OS. The van der Waals surface area contributed by atoms with Crippen LogP contribution in [0.1, 0.15) is 6.92 Å². The molecular weight excluding hydrogens is 156 g/mol. The molecule has 0 spiro atoms. The average molecular weight is 168 g/mol. The summed E-state index contributed by atoms with van der Waals surface area (Å²) in [6.07, 6.45) is 6.44. The van der Waals surface area contributed by atoms with Crippen molar-refractivity contribution in [1.82, 2.24) is 0 Å². The zero-order valence-corrected chi connectivity index (χ0v) is 7.43. The molecule has 1 aliphatic carbocycles. The topological polar surface area (TPSA) is 17.1 Å². The van der Waals surface area contributed by atoms with Gasteiger partial charge >= 0.3 is 0 Å². The van der Waals surface area contributed by atoms with E-state index in [0.717, 1.165) is 11.5 Å². The Kier molecular flexibility index (Phi) is 1.72. The highest BCUT2D eigenvalue weighted by Gasteiger charge is 2.30. The molecule has 0 aromatic rings. The molecule has 2 aliphatic rings. The third-order valence-corrected chi connectivity index (χ3v) is 3.92. The van der Waals surface area contributed by atoms with E-state index in [9.17, 15) is 4.21 Å². The van der Waals surface area contributed by atoms with Crippen LogP contribution in [0.4, 0.5) is 0 Å². The van der Waals surface area contributed by atoms with Crippen LogP contribution in [-0.4, -0.2) is 15.7 Å². The lowest BCUT2D eigenvalue weighted by molar-refractivity contribution is 0.541. The molecule has 3 atom stereocenters. The summed E-state index contributed by atoms with van der Waals surface area (Å²) >= 11 is 0. The molecule has 2 rings (SSSR count). The normalized spacial score (nSPS) is 41.9. The van der Waals surface area contributed by atoms with Gasteiger partial charge in [0.05, 0.1) is 0 Å². The molecule has 1 saturated heterocycles. The van der Waals surface area contributed by atoms with Crippen LogP contribution < -0.4 is 0 Å². The van der Waals surface area contributed by atoms with Gasteiger partial charge in [-0.3, -0.25) is 4.21 Å². The van der Waals surface area contributed by atoms with E-state index in [1.165, 1.54) is 5.57 Å². The summed E-state index contributed by atoms with van der Waals surface area (Å²) in [5.41, 5.74) is 1.40. The zero-order chi connectivity index (χ0) is 7.84. The van der Waals surface area contributed by atoms with Gasteiger partial charge in [-0.2, -0.15) is 0 Å². The predicted octanol–water partition coefficient (Wildman–Crippen LogP) is 1.50. The summed E-state index contributed by atoms with van der Waals surface area (Å²) in [6, 6.07) is 0. The van der Waals surface area contributed by atoms with Gasteiger partial charge in [0.15, 0.2) is 0 Å². The van der Waals surface area contributed by atoms with Crippen molar-refractivity contribution in [2.24, 2.45) is 11.8 Å². The van der Waals surface area contributed by atoms with Crippen molar-refractivity contribution in [3.8, 4) is 0 Å². The van der Waals surface area contributed by atoms with Gasteiger partial charge in [-0.15, -0.1) is 0 Å². The van der Waals surface area contributed by atoms with E-state index >= 15 is 0 Å². The van der Waals surface area contributed by atoms with Crippen molar-refractivity contribution in [3.63, 3.8) is 0 Å². The molecule has 0 saturated carbocycles. The van der Waals surface area contributed by atoms with Crippen LogP contribution in [0.5, 0.6) is 0 Å². The molecule has 1 nitrogen and oxygen atoms in total. The van der Waals surface area contributed by atoms with E-state index in [1.54, 1.807) is 0 Å². The average Bonchev–Trinajstić information content (AvgIpc) is 2.31. The van der Waals surface area contributed by atoms with Crippen LogP contribution in [0.15, 0.2) is 23.8 Å². The van der Waals surface area contributed by atoms with Crippen LogP contribution in [0.3, 0.4) is 0 Å². The van der Waals surface area contributed by atoms with Gasteiger partial charge in [-0.05, 0) is 11.8 Å². The lowest BCUT2D eigenvalue weighted by atomic mass is 9.86. The highest BCUT2D eigenvalue weighted by Crippen LogP contribution is 2.32. The van der Waals surface area contributed by atoms with E-state index in [4.69, 9.17) is 0 Å². The second-order valence-corrected chi connectivity index (χ2v) is 4.84. The van der Waals surface area contributed by atoms with Crippen molar-refractivity contribution in [2.45, 2.75) is 6.92 Å². The Bertz CT molecular complexity index is 252. The lowest BCUT2D eigenvalue weighted by Crippen LogP contribution is -2.13. The van der Waals surface area contributed by atoms with Crippen molar-refractivity contribution < 1.29 is 4.21 Å². The summed E-state index contributed by atoms with van der Waals surface area (Å²) in [5, 5.41) is 0. The fourth-order valence-electron chi connectivity index (χ4n) is 1.81. The maximum atomic E-state index is 11.2. The zero-order valence-electron chi connectivity index (χ0n) is 6.62. The standard InChI is InChI=1S/C9H12OS/c1-7-3-2-4-8-5-11(10)6-9(7)8/h2-4,7,9H,5-6H2,1H3. The van der Waals surface area contributed by atoms with Crippen molar-refractivity contribution >= 4 is 10.8 Å². The maximum absolute atomic E-state index is 11.2. The van der Waals surface area contributed by atoms with Gasteiger partial charge in [0.25, 0.3) is 0 Å². The Labute approximate surface area is 69.6 Å². The maximum Gasteiger partial charge on any atom is 0.0451 e. The van der Waals surface area contributed by atoms with Gasteiger partial charge in [0.2, 0.25) is 0 Å². The Morgan fingerprint density at radius 3 is 3.18 bits per heavy atom. The molecule has 0 aromatic heterocycles. The van der Waals surface area contributed by atoms with Crippen LogP contribution >= 0.6 is 0 Å². The first-order valence-electron chi connectivity index (χ1n) is 3.99. The lowest BCUT2D eigenvalue weighted by Gasteiger charge is -2.18. The summed E-state index contributed by atoms with van der Waals surface area (Å²) in [6.45, 7) is 2.21. The van der Waals surface area contributed by atoms with Gasteiger partial charge in [0.1, 0.15) is 0 Å². The minimum atomic E-state index is -0.572. The quantitative estimate of drug-likeness (QED) is 0.535. The third-order valence-electron chi connectivity index (χ3n) is 2.53. The molecule has 60 valence electrons. The third kappa shape index (κ3) is 1.20. The number of allylic oxidation sites excluding steroid dienone is 3. The number of fused-ring (bicyclic) bond motifs is 1. The van der Waals surface area contributed by atoms with Gasteiger partial charge in [-0.25, -0.2) is 0 Å². The van der Waals surface area contributed by atoms with E-state index < -0.39 is 10.8 Å². The molecule has 0 bridgehead atoms. The minimum absolute atomic E-state index is 0.572. The number of hydrogen-bond donors (Lipinski definition) is 0. The molecule has 1 aliphatic heterocycles. The minimum Gasteiger partial charge on any atom is -0.259 e. The Morgan fingerprint density at radius 2 is 2.45 bits per heavy atom.